The van der Waals surface area contributed by atoms with Gasteiger partial charge in [0, 0.05) is 7.11 Å². The van der Waals surface area contributed by atoms with Crippen molar-refractivity contribution in [2.45, 2.75) is 6.92 Å². The molecule has 0 spiro atoms. The van der Waals surface area contributed by atoms with E-state index >= 15 is 0 Å². The highest BCUT2D eigenvalue weighted by molar-refractivity contribution is 5.40. The molecule has 0 aromatic carbocycles. The molecule has 0 atom stereocenters. The lowest BCUT2D eigenvalue weighted by molar-refractivity contribution is 0.234. The minimum absolute atomic E-state index is 0.563. The van der Waals surface area contributed by atoms with Gasteiger partial charge in [-0.3, -0.25) is 0 Å². The third-order valence-electron chi connectivity index (χ3n) is 0.974. The molecule has 0 bridgehead atoms. The van der Waals surface area contributed by atoms with E-state index < -0.39 is 0 Å². The summed E-state index contributed by atoms with van der Waals surface area (Å²) in [4.78, 5) is 0. The van der Waals surface area contributed by atoms with Gasteiger partial charge in [-0.2, -0.15) is 0 Å². The fourth-order valence-electron chi connectivity index (χ4n) is 0.469. The van der Waals surface area contributed by atoms with E-state index in [1.54, 1.807) is 20.1 Å². The van der Waals surface area contributed by atoms with Crippen LogP contribution in [0.3, 0.4) is 0 Å². The van der Waals surface area contributed by atoms with E-state index in [0.717, 1.165) is 0 Å². The van der Waals surface area contributed by atoms with Gasteiger partial charge in [0.15, 0.2) is 0 Å². The Bertz CT molecular complexity index is 411. The molecule has 0 rings (SSSR count). The summed E-state index contributed by atoms with van der Waals surface area (Å²) in [5.74, 6) is 20.8. The molecule has 14 heavy (non-hydrogen) atoms. The predicted octanol–water partition coefficient (Wildman–Crippen LogP) is 1.22. The van der Waals surface area contributed by atoms with Crippen molar-refractivity contribution in [2.75, 3.05) is 13.7 Å². The molecule has 0 amide bonds. The highest BCUT2D eigenvalue weighted by Gasteiger charge is 1.65. The summed E-state index contributed by atoms with van der Waals surface area (Å²) in [6, 6.07) is 0. The van der Waals surface area contributed by atoms with Gasteiger partial charge in [-0.25, -0.2) is 0 Å². The highest BCUT2D eigenvalue weighted by Crippen LogP contribution is 1.70. The average Bonchev–Trinajstić information content (AvgIpc) is 2.21. The van der Waals surface area contributed by atoms with E-state index in [2.05, 4.69) is 47.4 Å². The van der Waals surface area contributed by atoms with Crippen LogP contribution in [0.15, 0.2) is 12.2 Å². The maximum absolute atomic E-state index is 4.79. The van der Waals surface area contributed by atoms with Gasteiger partial charge < -0.3 is 4.74 Å². The van der Waals surface area contributed by atoms with Gasteiger partial charge in [-0.05, 0) is 48.5 Å². The van der Waals surface area contributed by atoms with Crippen LogP contribution in [0.2, 0.25) is 0 Å². The molecular formula is C13H10O. The molecule has 0 saturated carbocycles. The minimum atomic E-state index is 0.563. The molecule has 0 fully saturated rings. The van der Waals surface area contributed by atoms with Gasteiger partial charge in [0.2, 0.25) is 0 Å². The summed E-state index contributed by atoms with van der Waals surface area (Å²) in [6.07, 6.45) is 3.50. The molecule has 0 aliphatic rings. The van der Waals surface area contributed by atoms with Crippen LogP contribution in [-0.2, 0) is 4.74 Å². The van der Waals surface area contributed by atoms with Crippen LogP contribution in [-0.4, -0.2) is 13.7 Å². The van der Waals surface area contributed by atoms with Gasteiger partial charge >= 0.3 is 0 Å². The lowest BCUT2D eigenvalue weighted by atomic mass is 10.4. The summed E-state index contributed by atoms with van der Waals surface area (Å²) in [5.41, 5.74) is 0. The molecule has 0 unspecified atom stereocenters. The number of hydrogen-bond acceptors (Lipinski definition) is 1. The van der Waals surface area contributed by atoms with Gasteiger partial charge in [0.05, 0.1) is 6.61 Å². The zero-order valence-electron chi connectivity index (χ0n) is 8.27. The summed E-state index contributed by atoms with van der Waals surface area (Å²) in [5, 5.41) is 0. The van der Waals surface area contributed by atoms with Crippen molar-refractivity contribution in [1.29, 1.82) is 0 Å². The Hall–Kier alpha value is -2.06. The van der Waals surface area contributed by atoms with E-state index in [1.165, 1.54) is 0 Å². The number of allylic oxidation sites excluding steroid dienone is 1. The molecule has 0 aromatic heterocycles. The second-order valence-electron chi connectivity index (χ2n) is 2.00. The van der Waals surface area contributed by atoms with Crippen LogP contribution in [0, 0.1) is 47.4 Å². The first-order valence-corrected chi connectivity index (χ1v) is 3.98. The van der Waals surface area contributed by atoms with E-state index in [-0.39, 0.29) is 0 Å². The van der Waals surface area contributed by atoms with E-state index in [1.807, 2.05) is 6.08 Å². The molecule has 0 saturated heterocycles. The minimum Gasteiger partial charge on any atom is -0.381 e. The topological polar surface area (TPSA) is 9.23 Å². The molecule has 0 aromatic rings. The second kappa shape index (κ2) is 10.9. The lowest BCUT2D eigenvalue weighted by Crippen LogP contribution is -1.78. The quantitative estimate of drug-likeness (QED) is 0.583. The van der Waals surface area contributed by atoms with Gasteiger partial charge in [-0.15, -0.1) is 0 Å². The number of ether oxygens (including phenoxy) is 1. The number of methoxy groups -OCH3 is 1. The van der Waals surface area contributed by atoms with E-state index in [9.17, 15) is 0 Å². The molecule has 0 radical (unpaired) electrons. The molecule has 1 nitrogen and oxygen atoms in total. The van der Waals surface area contributed by atoms with Crippen molar-refractivity contribution < 1.29 is 4.74 Å². The average molecular weight is 182 g/mol. The fourth-order valence-corrected chi connectivity index (χ4v) is 0.469. The zero-order chi connectivity index (χ0) is 10.5. The standard InChI is InChI=1S/C13H10O/c1-3-4-5-6-7-8-9-10-11-12-13-14-2/h11-12H,13H2,1-2H3/b12-11+. The van der Waals surface area contributed by atoms with E-state index in [0.29, 0.717) is 6.61 Å². The van der Waals surface area contributed by atoms with Crippen LogP contribution in [0.25, 0.3) is 0 Å². The zero-order valence-corrected chi connectivity index (χ0v) is 8.27. The highest BCUT2D eigenvalue weighted by atomic mass is 16.5. The molecule has 1 heteroatoms. The maximum Gasteiger partial charge on any atom is 0.0652 e. The smallest absolute Gasteiger partial charge is 0.0652 e. The molecule has 0 heterocycles. The third-order valence-corrected chi connectivity index (χ3v) is 0.974. The Labute approximate surface area is 85.5 Å². The summed E-state index contributed by atoms with van der Waals surface area (Å²) in [7, 11) is 1.63. The molecule has 0 N–H and O–H groups in total. The molecule has 0 aliphatic carbocycles. The van der Waals surface area contributed by atoms with Gasteiger partial charge in [0.1, 0.15) is 0 Å². The molecule has 0 aliphatic heterocycles. The van der Waals surface area contributed by atoms with Crippen LogP contribution in [0.4, 0.5) is 0 Å². The van der Waals surface area contributed by atoms with Gasteiger partial charge in [0.25, 0.3) is 0 Å². The summed E-state index contributed by atoms with van der Waals surface area (Å²) >= 11 is 0. The Morgan fingerprint density at radius 1 is 1.00 bits per heavy atom. The van der Waals surface area contributed by atoms with Crippen LogP contribution in [0.1, 0.15) is 6.92 Å². The Kier molecular flexibility index (Phi) is 9.33. The van der Waals surface area contributed by atoms with Gasteiger partial charge in [-0.1, -0.05) is 17.9 Å². The fraction of sp³-hybridized carbons (Fsp3) is 0.231. The van der Waals surface area contributed by atoms with E-state index in [4.69, 9.17) is 4.74 Å². The van der Waals surface area contributed by atoms with Crippen LogP contribution < -0.4 is 0 Å². The third kappa shape index (κ3) is 9.94. The largest absolute Gasteiger partial charge is 0.381 e. The first kappa shape index (κ1) is 11.9. The number of hydrogen-bond donors (Lipinski definition) is 0. The Morgan fingerprint density at radius 2 is 1.64 bits per heavy atom. The predicted molar refractivity (Wildman–Crippen MR) is 57.8 cm³/mol. The molecular weight excluding hydrogens is 172 g/mol. The lowest BCUT2D eigenvalue weighted by Gasteiger charge is -1.81. The van der Waals surface area contributed by atoms with Crippen molar-refractivity contribution in [1.82, 2.24) is 0 Å². The summed E-state index contributed by atoms with van der Waals surface area (Å²) < 4.78 is 4.79. The maximum atomic E-state index is 4.79. The second-order valence-corrected chi connectivity index (χ2v) is 2.00. The summed E-state index contributed by atoms with van der Waals surface area (Å²) in [6.45, 7) is 2.29. The van der Waals surface area contributed by atoms with Crippen LogP contribution >= 0.6 is 0 Å². The number of rotatable bonds is 2. The Balaban J connectivity index is 3.90. The molecule has 68 valence electrons. The van der Waals surface area contributed by atoms with Crippen molar-refractivity contribution >= 4 is 0 Å². The first-order valence-electron chi connectivity index (χ1n) is 3.98. The SMILES string of the molecule is CC#CC#CC#CC#C/C=C/COC. The monoisotopic (exact) mass is 182 g/mol. The normalized spacial score (nSPS) is 6.71. The van der Waals surface area contributed by atoms with Crippen molar-refractivity contribution in [3.63, 3.8) is 0 Å². The van der Waals surface area contributed by atoms with Crippen molar-refractivity contribution in [2.24, 2.45) is 0 Å². The van der Waals surface area contributed by atoms with Crippen LogP contribution in [0.5, 0.6) is 0 Å². The first-order chi connectivity index (χ1) is 6.91. The van der Waals surface area contributed by atoms with Crippen molar-refractivity contribution in [3.05, 3.63) is 12.2 Å². The van der Waals surface area contributed by atoms with Crippen molar-refractivity contribution in [3.8, 4) is 47.4 Å². The Morgan fingerprint density at radius 3 is 2.29 bits per heavy atom.